The van der Waals surface area contributed by atoms with Gasteiger partial charge in [-0.15, -0.1) is 0 Å². The highest BCUT2D eigenvalue weighted by Gasteiger charge is 2.32. The number of nitrogens with two attached hydrogens (primary N) is 1. The fourth-order valence-corrected chi connectivity index (χ4v) is 4.45. The molecule has 0 saturated carbocycles. The normalized spacial score (nSPS) is 21.8. The van der Waals surface area contributed by atoms with Gasteiger partial charge in [-0.2, -0.15) is 9.40 Å². The van der Waals surface area contributed by atoms with Crippen LogP contribution in [0.5, 0.6) is 0 Å². The van der Waals surface area contributed by atoms with Crippen LogP contribution in [0.4, 0.5) is 5.82 Å². The lowest BCUT2D eigenvalue weighted by Gasteiger charge is -2.25. The molecule has 1 unspecified atom stereocenters. The monoisotopic (exact) mass is 300 g/mol. The summed E-state index contributed by atoms with van der Waals surface area (Å²) in [6, 6.07) is 0.0245. The number of rotatable bonds is 4. The van der Waals surface area contributed by atoms with Crippen LogP contribution in [0, 0.1) is 0 Å². The molecule has 6 nitrogen and oxygen atoms in total. The first-order valence-electron chi connectivity index (χ1n) is 7.31. The van der Waals surface area contributed by atoms with Crippen LogP contribution in [0.3, 0.4) is 0 Å². The molecule has 1 saturated heterocycles. The third-order valence-corrected chi connectivity index (χ3v) is 5.82. The number of nitrogen functional groups attached to an aromatic ring is 1. The molecule has 1 aromatic rings. The summed E-state index contributed by atoms with van der Waals surface area (Å²) in [5, 5.41) is 4.10. The lowest BCUT2D eigenvalue weighted by atomic mass is 10.1. The smallest absolute Gasteiger partial charge is 0.248 e. The Hall–Kier alpha value is -1.08. The van der Waals surface area contributed by atoms with Gasteiger partial charge in [0.25, 0.3) is 0 Å². The van der Waals surface area contributed by atoms with E-state index in [1.54, 1.807) is 15.2 Å². The molecule has 114 valence electrons. The minimum Gasteiger partial charge on any atom is -0.381 e. The second kappa shape index (κ2) is 6.13. The van der Waals surface area contributed by atoms with Gasteiger partial charge in [0.1, 0.15) is 4.90 Å². The van der Waals surface area contributed by atoms with Crippen LogP contribution in [-0.2, 0) is 16.6 Å². The molecule has 2 rings (SSSR count). The standard InChI is InChI=1S/C13H24N4O2S/c1-3-8-16-10-12(13(14)15-16)20(18,19)17-9-6-4-5-7-11(17)2/h10-11H,3-9H2,1-2H3,(H2,14,15). The van der Waals surface area contributed by atoms with E-state index in [4.69, 9.17) is 5.73 Å². The van der Waals surface area contributed by atoms with Crippen molar-refractivity contribution in [3.63, 3.8) is 0 Å². The fraction of sp³-hybridized carbons (Fsp3) is 0.769. The molecule has 1 aliphatic heterocycles. The van der Waals surface area contributed by atoms with Gasteiger partial charge in [0.15, 0.2) is 5.82 Å². The van der Waals surface area contributed by atoms with Crippen molar-refractivity contribution in [1.82, 2.24) is 14.1 Å². The zero-order valence-electron chi connectivity index (χ0n) is 12.2. The van der Waals surface area contributed by atoms with Gasteiger partial charge >= 0.3 is 0 Å². The van der Waals surface area contributed by atoms with Crippen molar-refractivity contribution in [2.45, 2.75) is 63.4 Å². The van der Waals surface area contributed by atoms with Gasteiger partial charge in [-0.25, -0.2) is 8.42 Å². The molecule has 0 radical (unpaired) electrons. The van der Waals surface area contributed by atoms with E-state index in [1.807, 2.05) is 13.8 Å². The summed E-state index contributed by atoms with van der Waals surface area (Å²) in [4.78, 5) is 0.152. The van der Waals surface area contributed by atoms with E-state index in [1.165, 1.54) is 0 Å². The highest BCUT2D eigenvalue weighted by molar-refractivity contribution is 7.89. The lowest BCUT2D eigenvalue weighted by molar-refractivity contribution is 0.342. The van der Waals surface area contributed by atoms with Crippen molar-refractivity contribution >= 4 is 15.8 Å². The summed E-state index contributed by atoms with van der Waals surface area (Å²) in [5.74, 6) is 0.106. The predicted molar refractivity (Wildman–Crippen MR) is 78.8 cm³/mol. The average molecular weight is 300 g/mol. The molecule has 1 aliphatic rings. The maximum Gasteiger partial charge on any atom is 0.248 e. The first kappa shape index (κ1) is 15.3. The number of anilines is 1. The Bertz CT molecular complexity index is 553. The largest absolute Gasteiger partial charge is 0.381 e. The van der Waals surface area contributed by atoms with Crippen LogP contribution < -0.4 is 5.73 Å². The van der Waals surface area contributed by atoms with Gasteiger partial charge in [-0.05, 0) is 26.2 Å². The Morgan fingerprint density at radius 1 is 1.40 bits per heavy atom. The summed E-state index contributed by atoms with van der Waals surface area (Å²) in [5.41, 5.74) is 5.81. The van der Waals surface area contributed by atoms with Gasteiger partial charge in [-0.3, -0.25) is 4.68 Å². The maximum atomic E-state index is 12.8. The highest BCUT2D eigenvalue weighted by atomic mass is 32.2. The number of hydrogen-bond acceptors (Lipinski definition) is 4. The van der Waals surface area contributed by atoms with E-state index in [9.17, 15) is 8.42 Å². The van der Waals surface area contributed by atoms with Gasteiger partial charge < -0.3 is 5.73 Å². The lowest BCUT2D eigenvalue weighted by Crippen LogP contribution is -2.38. The van der Waals surface area contributed by atoms with Crippen LogP contribution in [-0.4, -0.2) is 35.1 Å². The minimum atomic E-state index is -3.54. The second-order valence-electron chi connectivity index (χ2n) is 5.46. The Kier molecular flexibility index (Phi) is 4.70. The first-order valence-corrected chi connectivity index (χ1v) is 8.75. The number of aromatic nitrogens is 2. The number of hydrogen-bond donors (Lipinski definition) is 1. The molecule has 2 heterocycles. The maximum absolute atomic E-state index is 12.8. The van der Waals surface area contributed by atoms with E-state index in [-0.39, 0.29) is 16.8 Å². The molecule has 0 bridgehead atoms. The minimum absolute atomic E-state index is 0.0245. The zero-order chi connectivity index (χ0) is 14.8. The molecular weight excluding hydrogens is 276 g/mol. The quantitative estimate of drug-likeness (QED) is 0.919. The molecule has 1 aromatic heterocycles. The Morgan fingerprint density at radius 2 is 2.15 bits per heavy atom. The van der Waals surface area contributed by atoms with E-state index < -0.39 is 10.0 Å². The van der Waals surface area contributed by atoms with E-state index in [0.29, 0.717) is 13.1 Å². The molecule has 0 amide bonds. The van der Waals surface area contributed by atoms with Crippen molar-refractivity contribution in [2.24, 2.45) is 0 Å². The van der Waals surface area contributed by atoms with Crippen LogP contribution in [0.25, 0.3) is 0 Å². The summed E-state index contributed by atoms with van der Waals surface area (Å²) < 4.78 is 28.8. The van der Waals surface area contributed by atoms with Gasteiger partial charge in [-0.1, -0.05) is 19.8 Å². The van der Waals surface area contributed by atoms with Crippen LogP contribution in [0.2, 0.25) is 0 Å². The Balaban J connectivity index is 2.33. The van der Waals surface area contributed by atoms with Crippen LogP contribution in [0.1, 0.15) is 46.0 Å². The Labute approximate surface area is 121 Å². The van der Waals surface area contributed by atoms with Crippen molar-refractivity contribution in [2.75, 3.05) is 12.3 Å². The summed E-state index contributed by atoms with van der Waals surface area (Å²) in [7, 11) is -3.54. The molecule has 1 fully saturated rings. The molecule has 20 heavy (non-hydrogen) atoms. The van der Waals surface area contributed by atoms with E-state index in [2.05, 4.69) is 5.10 Å². The number of sulfonamides is 1. The number of nitrogens with zero attached hydrogens (tertiary/aromatic N) is 3. The molecule has 0 aliphatic carbocycles. The van der Waals surface area contributed by atoms with Crippen LogP contribution in [0.15, 0.2) is 11.1 Å². The molecule has 1 atom stereocenters. The highest BCUT2D eigenvalue weighted by Crippen LogP contribution is 2.27. The average Bonchev–Trinajstić information content (AvgIpc) is 2.61. The molecular formula is C13H24N4O2S. The van der Waals surface area contributed by atoms with Crippen molar-refractivity contribution in [3.05, 3.63) is 6.20 Å². The predicted octanol–water partition coefficient (Wildman–Crippen LogP) is 1.83. The molecule has 0 spiro atoms. The summed E-state index contributed by atoms with van der Waals surface area (Å²) in [6.07, 6.45) is 6.43. The third kappa shape index (κ3) is 2.98. The van der Waals surface area contributed by atoms with Crippen LogP contribution >= 0.6 is 0 Å². The van der Waals surface area contributed by atoms with Crippen molar-refractivity contribution < 1.29 is 8.42 Å². The third-order valence-electron chi connectivity index (χ3n) is 3.79. The van der Waals surface area contributed by atoms with Crippen molar-refractivity contribution in [3.8, 4) is 0 Å². The van der Waals surface area contributed by atoms with Gasteiger partial charge in [0.2, 0.25) is 10.0 Å². The fourth-order valence-electron chi connectivity index (χ4n) is 2.69. The Morgan fingerprint density at radius 3 is 2.85 bits per heavy atom. The molecule has 0 aromatic carbocycles. The molecule has 2 N–H and O–H groups in total. The van der Waals surface area contributed by atoms with E-state index >= 15 is 0 Å². The molecule has 7 heteroatoms. The number of aryl methyl sites for hydroxylation is 1. The summed E-state index contributed by atoms with van der Waals surface area (Å²) >= 11 is 0. The van der Waals surface area contributed by atoms with E-state index in [0.717, 1.165) is 32.1 Å². The topological polar surface area (TPSA) is 81.2 Å². The van der Waals surface area contributed by atoms with Crippen molar-refractivity contribution in [1.29, 1.82) is 0 Å². The van der Waals surface area contributed by atoms with Gasteiger partial charge in [0, 0.05) is 25.3 Å². The van der Waals surface area contributed by atoms with Gasteiger partial charge in [0.05, 0.1) is 0 Å². The SMILES string of the molecule is CCCn1cc(S(=O)(=O)N2CCCCCC2C)c(N)n1. The summed E-state index contributed by atoms with van der Waals surface area (Å²) in [6.45, 7) is 5.23. The first-order chi connectivity index (χ1) is 9.46. The second-order valence-corrected chi connectivity index (χ2v) is 7.31. The zero-order valence-corrected chi connectivity index (χ0v) is 13.1.